The van der Waals surface area contributed by atoms with E-state index in [4.69, 9.17) is 0 Å². The van der Waals surface area contributed by atoms with Crippen LogP contribution in [0.3, 0.4) is 0 Å². The number of hydrogen-bond donors (Lipinski definition) is 0. The maximum atomic E-state index is 13.4. The topological polar surface area (TPSA) is 0 Å². The van der Waals surface area contributed by atoms with Gasteiger partial charge in [-0.3, -0.25) is 0 Å². The fraction of sp³-hybridized carbons (Fsp3) is 0.294. The molecule has 0 aliphatic carbocycles. The predicted molar refractivity (Wildman–Crippen MR) is 82.6 cm³/mol. The molecule has 0 fully saturated rings. The van der Waals surface area contributed by atoms with Crippen molar-refractivity contribution in [2.75, 3.05) is 0 Å². The average Bonchev–Trinajstić information content (AvgIpc) is 2.25. The van der Waals surface area contributed by atoms with E-state index in [9.17, 15) is 4.39 Å². The van der Waals surface area contributed by atoms with Gasteiger partial charge in [-0.25, -0.2) is 4.39 Å². The van der Waals surface area contributed by atoms with E-state index in [-0.39, 0.29) is 10.6 Å². The van der Waals surface area contributed by atoms with Crippen LogP contribution in [0.2, 0.25) is 0 Å². The van der Waals surface area contributed by atoms with Crippen LogP contribution < -0.4 is 0 Å². The van der Waals surface area contributed by atoms with Crippen molar-refractivity contribution in [3.8, 4) is 0 Å². The van der Waals surface area contributed by atoms with Crippen LogP contribution in [0, 0.1) is 33.5 Å². The fourth-order valence-electron chi connectivity index (χ4n) is 2.64. The number of benzene rings is 2. The first-order valence-corrected chi connectivity index (χ1v) is 7.29. The Morgan fingerprint density at radius 1 is 0.842 bits per heavy atom. The third kappa shape index (κ3) is 3.06. The average molecular weight is 321 g/mol. The van der Waals surface area contributed by atoms with E-state index in [1.807, 2.05) is 13.8 Å². The molecule has 0 nitrogen and oxygen atoms in total. The predicted octanol–water partition coefficient (Wildman–Crippen LogP) is 5.54. The van der Waals surface area contributed by atoms with Crippen molar-refractivity contribution in [1.82, 2.24) is 0 Å². The largest absolute Gasteiger partial charge is 0.207 e. The summed E-state index contributed by atoms with van der Waals surface area (Å²) in [6.07, 6.45) is 0. The van der Waals surface area contributed by atoms with Crippen molar-refractivity contribution < 1.29 is 4.39 Å². The molecule has 0 aliphatic heterocycles. The van der Waals surface area contributed by atoms with Gasteiger partial charge in [0.05, 0.1) is 4.83 Å². The van der Waals surface area contributed by atoms with Crippen LogP contribution in [-0.4, -0.2) is 0 Å². The van der Waals surface area contributed by atoms with Crippen LogP contribution >= 0.6 is 15.9 Å². The van der Waals surface area contributed by atoms with Crippen LogP contribution in [-0.2, 0) is 0 Å². The Morgan fingerprint density at radius 2 is 1.32 bits per heavy atom. The summed E-state index contributed by atoms with van der Waals surface area (Å²) in [6, 6.07) is 9.70. The van der Waals surface area contributed by atoms with E-state index in [0.29, 0.717) is 0 Å². The van der Waals surface area contributed by atoms with Crippen molar-refractivity contribution in [2.24, 2.45) is 0 Å². The lowest BCUT2D eigenvalue weighted by Gasteiger charge is -2.18. The molecule has 0 saturated heterocycles. The normalized spacial score (nSPS) is 12.5. The highest BCUT2D eigenvalue weighted by atomic mass is 79.9. The zero-order valence-corrected chi connectivity index (χ0v) is 13.3. The van der Waals surface area contributed by atoms with E-state index < -0.39 is 0 Å². The second kappa shape index (κ2) is 5.46. The first kappa shape index (κ1) is 14.3. The summed E-state index contributed by atoms with van der Waals surface area (Å²) in [4.78, 5) is 0.103. The Morgan fingerprint density at radius 3 is 1.79 bits per heavy atom. The van der Waals surface area contributed by atoms with Gasteiger partial charge in [0.25, 0.3) is 0 Å². The summed E-state index contributed by atoms with van der Waals surface area (Å²) in [5.41, 5.74) is 6.84. The van der Waals surface area contributed by atoms with Gasteiger partial charge in [-0.05, 0) is 62.1 Å². The maximum Gasteiger partial charge on any atom is 0.123 e. The summed E-state index contributed by atoms with van der Waals surface area (Å²) in [5, 5.41) is 0. The quantitative estimate of drug-likeness (QED) is 0.637. The van der Waals surface area contributed by atoms with Crippen molar-refractivity contribution in [1.29, 1.82) is 0 Å². The Balaban J connectivity index is 2.52. The first-order chi connectivity index (χ1) is 8.88. The zero-order valence-electron chi connectivity index (χ0n) is 11.7. The molecule has 100 valence electrons. The second-order valence-electron chi connectivity index (χ2n) is 5.24. The van der Waals surface area contributed by atoms with Gasteiger partial charge >= 0.3 is 0 Å². The molecule has 2 heteroatoms. The number of alkyl halides is 1. The molecule has 19 heavy (non-hydrogen) atoms. The fourth-order valence-corrected chi connectivity index (χ4v) is 3.63. The van der Waals surface area contributed by atoms with Gasteiger partial charge in [0.2, 0.25) is 0 Å². The molecule has 2 aromatic rings. The molecule has 2 aromatic carbocycles. The standard InChI is InChI=1S/C17H18BrF/c1-10-5-11(2)7-14(6-10)17(18)16-12(3)8-15(19)9-13(16)4/h5-9,17H,1-4H3. The highest BCUT2D eigenvalue weighted by Gasteiger charge is 2.16. The van der Waals surface area contributed by atoms with Gasteiger partial charge < -0.3 is 0 Å². The molecular formula is C17H18BrF. The smallest absolute Gasteiger partial charge is 0.123 e. The lowest BCUT2D eigenvalue weighted by atomic mass is 9.94. The van der Waals surface area contributed by atoms with Gasteiger partial charge in [0, 0.05) is 0 Å². The van der Waals surface area contributed by atoms with E-state index >= 15 is 0 Å². The molecule has 0 heterocycles. The van der Waals surface area contributed by atoms with E-state index in [1.165, 1.54) is 16.7 Å². The zero-order chi connectivity index (χ0) is 14.2. The molecule has 0 aliphatic rings. The molecule has 0 radical (unpaired) electrons. The maximum absolute atomic E-state index is 13.4. The minimum atomic E-state index is -0.168. The minimum absolute atomic E-state index is 0.103. The number of aryl methyl sites for hydroxylation is 4. The molecule has 0 N–H and O–H groups in total. The van der Waals surface area contributed by atoms with E-state index in [0.717, 1.165) is 16.7 Å². The molecule has 0 saturated carbocycles. The molecule has 1 atom stereocenters. The third-order valence-corrected chi connectivity index (χ3v) is 4.34. The molecule has 1 unspecified atom stereocenters. The number of rotatable bonds is 2. The van der Waals surface area contributed by atoms with E-state index in [1.54, 1.807) is 12.1 Å². The van der Waals surface area contributed by atoms with Crippen LogP contribution in [0.4, 0.5) is 4.39 Å². The monoisotopic (exact) mass is 320 g/mol. The molecular weight excluding hydrogens is 303 g/mol. The first-order valence-electron chi connectivity index (χ1n) is 6.37. The van der Waals surface area contributed by atoms with Gasteiger partial charge in [0.1, 0.15) is 5.82 Å². The summed E-state index contributed by atoms with van der Waals surface area (Å²) in [5.74, 6) is -0.168. The third-order valence-electron chi connectivity index (χ3n) is 3.35. The summed E-state index contributed by atoms with van der Waals surface area (Å²) in [6.45, 7) is 8.12. The van der Waals surface area contributed by atoms with Gasteiger partial charge in [-0.2, -0.15) is 0 Å². The molecule has 0 aromatic heterocycles. The molecule has 0 amide bonds. The lowest BCUT2D eigenvalue weighted by Crippen LogP contribution is -2.01. The molecule has 0 bridgehead atoms. The molecule has 2 rings (SSSR count). The van der Waals surface area contributed by atoms with Crippen LogP contribution in [0.5, 0.6) is 0 Å². The van der Waals surface area contributed by atoms with Crippen LogP contribution in [0.1, 0.15) is 38.2 Å². The lowest BCUT2D eigenvalue weighted by molar-refractivity contribution is 0.624. The second-order valence-corrected chi connectivity index (χ2v) is 6.15. The highest BCUT2D eigenvalue weighted by molar-refractivity contribution is 9.09. The van der Waals surface area contributed by atoms with Crippen molar-refractivity contribution in [3.63, 3.8) is 0 Å². The van der Waals surface area contributed by atoms with Gasteiger partial charge in [0.15, 0.2) is 0 Å². The van der Waals surface area contributed by atoms with Gasteiger partial charge in [-0.15, -0.1) is 0 Å². The summed E-state index contributed by atoms with van der Waals surface area (Å²) < 4.78 is 13.4. The Bertz CT molecular complexity index is 573. The highest BCUT2D eigenvalue weighted by Crippen LogP contribution is 2.36. The SMILES string of the molecule is Cc1cc(C)cc(C(Br)c2c(C)cc(F)cc2C)c1. The van der Waals surface area contributed by atoms with Crippen molar-refractivity contribution in [3.05, 3.63) is 69.5 Å². The van der Waals surface area contributed by atoms with E-state index in [2.05, 4.69) is 48.0 Å². The Labute approximate surface area is 122 Å². The number of halogens is 2. The van der Waals surface area contributed by atoms with Gasteiger partial charge in [-0.1, -0.05) is 45.3 Å². The summed E-state index contributed by atoms with van der Waals surface area (Å²) in [7, 11) is 0. The Kier molecular flexibility index (Phi) is 4.10. The Hall–Kier alpha value is -1.15. The minimum Gasteiger partial charge on any atom is -0.207 e. The number of hydrogen-bond acceptors (Lipinski definition) is 0. The molecule has 0 spiro atoms. The summed E-state index contributed by atoms with van der Waals surface area (Å²) >= 11 is 3.77. The van der Waals surface area contributed by atoms with Crippen LogP contribution in [0.15, 0.2) is 30.3 Å². The van der Waals surface area contributed by atoms with Crippen molar-refractivity contribution in [2.45, 2.75) is 32.5 Å². The van der Waals surface area contributed by atoms with Crippen molar-refractivity contribution >= 4 is 15.9 Å². The van der Waals surface area contributed by atoms with Crippen LogP contribution in [0.25, 0.3) is 0 Å².